The third-order valence-corrected chi connectivity index (χ3v) is 3.95. The molecule has 0 aliphatic rings. The third kappa shape index (κ3) is 6.90. The number of hydrogen-bond donors (Lipinski definition) is 0. The van der Waals surface area contributed by atoms with Crippen LogP contribution in [0.2, 0.25) is 0 Å². The Kier molecular flexibility index (Phi) is 7.70. The maximum atomic E-state index is 12.5. The molecule has 0 radical (unpaired) electrons. The number of hydrogen-bond acceptors (Lipinski definition) is 2. The van der Waals surface area contributed by atoms with Crippen LogP contribution in [-0.2, 0) is 6.18 Å². The molecule has 0 aliphatic heterocycles. The Balaban J connectivity index is 1.82. The summed E-state index contributed by atoms with van der Waals surface area (Å²) in [6.45, 7) is 2.90. The summed E-state index contributed by atoms with van der Waals surface area (Å²) in [7, 11) is 0. The van der Waals surface area contributed by atoms with Crippen molar-refractivity contribution in [2.45, 2.75) is 45.2 Å². The highest BCUT2D eigenvalue weighted by atomic mass is 19.4. The summed E-state index contributed by atoms with van der Waals surface area (Å²) in [4.78, 5) is 4.20. The standard InChI is InChI=1S/C21H24F3NO/c1-2-3-4-5-6-15-26-20-13-7-17(8-14-20)16-25-19-11-9-18(10-12-19)21(22,23)24/h7-14,16H,2-6,15H2,1H3. The smallest absolute Gasteiger partial charge is 0.416 e. The summed E-state index contributed by atoms with van der Waals surface area (Å²) < 4.78 is 43.3. The van der Waals surface area contributed by atoms with Crippen molar-refractivity contribution >= 4 is 11.9 Å². The van der Waals surface area contributed by atoms with Crippen molar-refractivity contribution < 1.29 is 17.9 Å². The molecule has 26 heavy (non-hydrogen) atoms. The molecule has 2 rings (SSSR count). The molecule has 2 aromatic rings. The van der Waals surface area contributed by atoms with E-state index in [1.807, 2.05) is 24.3 Å². The van der Waals surface area contributed by atoms with Crippen LogP contribution in [0.4, 0.5) is 18.9 Å². The lowest BCUT2D eigenvalue weighted by Gasteiger charge is -2.06. The quantitative estimate of drug-likeness (QED) is 0.354. The zero-order valence-corrected chi connectivity index (χ0v) is 14.9. The normalized spacial score (nSPS) is 11.8. The lowest BCUT2D eigenvalue weighted by atomic mass is 10.2. The fourth-order valence-corrected chi connectivity index (χ4v) is 2.43. The van der Waals surface area contributed by atoms with Crippen LogP contribution in [-0.4, -0.2) is 12.8 Å². The van der Waals surface area contributed by atoms with Crippen molar-refractivity contribution in [1.82, 2.24) is 0 Å². The molecule has 0 saturated carbocycles. The molecule has 140 valence electrons. The first-order valence-electron chi connectivity index (χ1n) is 8.93. The summed E-state index contributed by atoms with van der Waals surface area (Å²) in [6.07, 6.45) is 3.29. The average Bonchev–Trinajstić information content (AvgIpc) is 2.63. The van der Waals surface area contributed by atoms with Crippen molar-refractivity contribution in [1.29, 1.82) is 0 Å². The van der Waals surface area contributed by atoms with Gasteiger partial charge in [-0.25, -0.2) is 0 Å². The minimum atomic E-state index is -4.33. The van der Waals surface area contributed by atoms with Crippen LogP contribution in [0.25, 0.3) is 0 Å². The number of aliphatic imine (C=N–C) groups is 1. The molecule has 0 atom stereocenters. The van der Waals surface area contributed by atoms with Crippen LogP contribution in [0.1, 0.15) is 50.2 Å². The van der Waals surface area contributed by atoms with E-state index >= 15 is 0 Å². The molecule has 5 heteroatoms. The van der Waals surface area contributed by atoms with Crippen LogP contribution < -0.4 is 4.74 Å². The fraction of sp³-hybridized carbons (Fsp3) is 0.381. The summed E-state index contributed by atoms with van der Waals surface area (Å²) in [6, 6.07) is 12.3. The van der Waals surface area contributed by atoms with Gasteiger partial charge in [-0.2, -0.15) is 13.2 Å². The Morgan fingerprint density at radius 1 is 0.885 bits per heavy atom. The molecule has 0 aromatic heterocycles. The molecule has 0 unspecified atom stereocenters. The van der Waals surface area contributed by atoms with Crippen molar-refractivity contribution in [2.75, 3.05) is 6.61 Å². The van der Waals surface area contributed by atoms with E-state index < -0.39 is 11.7 Å². The van der Waals surface area contributed by atoms with Crippen LogP contribution in [0, 0.1) is 0 Å². The van der Waals surface area contributed by atoms with E-state index in [2.05, 4.69) is 11.9 Å². The number of ether oxygens (including phenoxy) is 1. The third-order valence-electron chi connectivity index (χ3n) is 3.95. The van der Waals surface area contributed by atoms with Gasteiger partial charge in [0.05, 0.1) is 17.9 Å². The molecule has 0 bridgehead atoms. The second-order valence-corrected chi connectivity index (χ2v) is 6.13. The van der Waals surface area contributed by atoms with Gasteiger partial charge in [0.1, 0.15) is 5.75 Å². The topological polar surface area (TPSA) is 21.6 Å². The molecule has 0 N–H and O–H groups in total. The Labute approximate surface area is 152 Å². The Hall–Kier alpha value is -2.30. The minimum Gasteiger partial charge on any atom is -0.494 e. The van der Waals surface area contributed by atoms with Crippen LogP contribution in [0.15, 0.2) is 53.5 Å². The van der Waals surface area contributed by atoms with E-state index in [0.29, 0.717) is 12.3 Å². The monoisotopic (exact) mass is 363 g/mol. The number of halogens is 3. The number of rotatable bonds is 9. The van der Waals surface area contributed by atoms with Gasteiger partial charge in [0.2, 0.25) is 0 Å². The SMILES string of the molecule is CCCCCCCOc1ccc(C=Nc2ccc(C(F)(F)F)cc2)cc1. The second-order valence-electron chi connectivity index (χ2n) is 6.13. The largest absolute Gasteiger partial charge is 0.494 e. The van der Waals surface area contributed by atoms with E-state index in [1.54, 1.807) is 6.21 Å². The predicted octanol–water partition coefficient (Wildman–Crippen LogP) is 6.81. The van der Waals surface area contributed by atoms with Crippen molar-refractivity contribution in [3.05, 3.63) is 59.7 Å². The molecule has 0 fully saturated rings. The Morgan fingerprint density at radius 2 is 1.54 bits per heavy atom. The summed E-state index contributed by atoms with van der Waals surface area (Å²) in [5.41, 5.74) is 0.665. The number of benzene rings is 2. The van der Waals surface area contributed by atoms with E-state index in [0.717, 1.165) is 29.9 Å². The van der Waals surface area contributed by atoms with Gasteiger partial charge < -0.3 is 4.74 Å². The Bertz CT molecular complexity index is 676. The van der Waals surface area contributed by atoms with Crippen LogP contribution >= 0.6 is 0 Å². The zero-order chi connectivity index (χ0) is 18.8. The molecule has 2 nitrogen and oxygen atoms in total. The fourth-order valence-electron chi connectivity index (χ4n) is 2.43. The maximum absolute atomic E-state index is 12.5. The van der Waals surface area contributed by atoms with Gasteiger partial charge >= 0.3 is 6.18 Å². The molecule has 0 saturated heterocycles. The van der Waals surface area contributed by atoms with Crippen LogP contribution in [0.5, 0.6) is 5.75 Å². The molecule has 0 spiro atoms. The first-order valence-corrected chi connectivity index (χ1v) is 8.93. The maximum Gasteiger partial charge on any atom is 0.416 e. The Morgan fingerprint density at radius 3 is 2.15 bits per heavy atom. The van der Waals surface area contributed by atoms with Crippen molar-refractivity contribution in [3.8, 4) is 5.75 Å². The van der Waals surface area contributed by atoms with Gasteiger partial charge in [-0.05, 0) is 60.5 Å². The van der Waals surface area contributed by atoms with E-state index in [4.69, 9.17) is 4.74 Å². The highest BCUT2D eigenvalue weighted by Crippen LogP contribution is 2.30. The van der Waals surface area contributed by atoms with Gasteiger partial charge in [-0.3, -0.25) is 4.99 Å². The van der Waals surface area contributed by atoms with E-state index in [1.165, 1.54) is 37.8 Å². The molecular weight excluding hydrogens is 339 g/mol. The van der Waals surface area contributed by atoms with Gasteiger partial charge in [-0.15, -0.1) is 0 Å². The van der Waals surface area contributed by atoms with Gasteiger partial charge in [0.15, 0.2) is 0 Å². The lowest BCUT2D eigenvalue weighted by molar-refractivity contribution is -0.137. The molecule has 0 aliphatic carbocycles. The molecule has 0 heterocycles. The first-order chi connectivity index (χ1) is 12.5. The highest BCUT2D eigenvalue weighted by Gasteiger charge is 2.29. The van der Waals surface area contributed by atoms with Gasteiger partial charge in [0.25, 0.3) is 0 Å². The van der Waals surface area contributed by atoms with E-state index in [9.17, 15) is 13.2 Å². The molecular formula is C21H24F3NO. The first kappa shape index (κ1) is 20.0. The summed E-state index contributed by atoms with van der Waals surface area (Å²) in [5, 5.41) is 0. The van der Waals surface area contributed by atoms with Crippen molar-refractivity contribution in [3.63, 3.8) is 0 Å². The predicted molar refractivity (Wildman–Crippen MR) is 99.4 cm³/mol. The highest BCUT2D eigenvalue weighted by molar-refractivity contribution is 5.82. The summed E-state index contributed by atoms with van der Waals surface area (Å²) >= 11 is 0. The minimum absolute atomic E-state index is 0.477. The number of unbranched alkanes of at least 4 members (excludes halogenated alkanes) is 4. The average molecular weight is 363 g/mol. The van der Waals surface area contributed by atoms with Crippen molar-refractivity contribution in [2.24, 2.45) is 4.99 Å². The number of nitrogens with zero attached hydrogens (tertiary/aromatic N) is 1. The second kappa shape index (κ2) is 10.00. The lowest BCUT2D eigenvalue weighted by Crippen LogP contribution is -2.03. The van der Waals surface area contributed by atoms with Crippen LogP contribution in [0.3, 0.4) is 0 Å². The van der Waals surface area contributed by atoms with Gasteiger partial charge in [0, 0.05) is 6.21 Å². The number of alkyl halides is 3. The van der Waals surface area contributed by atoms with E-state index in [-0.39, 0.29) is 0 Å². The molecule has 0 amide bonds. The zero-order valence-electron chi connectivity index (χ0n) is 14.9. The van der Waals surface area contributed by atoms with Gasteiger partial charge in [-0.1, -0.05) is 32.6 Å². The molecule has 2 aromatic carbocycles. The summed E-state index contributed by atoms with van der Waals surface area (Å²) in [5.74, 6) is 0.812.